The lowest BCUT2D eigenvalue weighted by Crippen LogP contribution is -2.13. The van der Waals surface area contributed by atoms with Crippen LogP contribution in [-0.4, -0.2) is 4.98 Å². The largest absolute Gasteiger partial charge is 0.309 e. The summed E-state index contributed by atoms with van der Waals surface area (Å²) in [5.74, 6) is 0.371. The van der Waals surface area contributed by atoms with E-state index in [1.54, 1.807) is 0 Å². The Morgan fingerprint density at radius 2 is 1.18 bits per heavy atom. The van der Waals surface area contributed by atoms with Crippen molar-refractivity contribution in [1.82, 2.24) is 4.98 Å². The first-order valence-corrected chi connectivity index (χ1v) is 9.69. The van der Waals surface area contributed by atoms with Crippen molar-refractivity contribution >= 4 is 17.1 Å². The molecule has 4 rings (SSSR count). The van der Waals surface area contributed by atoms with Gasteiger partial charge in [-0.15, -0.1) is 0 Å². The number of para-hydroxylation sites is 2. The Labute approximate surface area is 167 Å². The van der Waals surface area contributed by atoms with Crippen LogP contribution in [0.5, 0.6) is 0 Å². The fraction of sp³-hybridized carbons (Fsp3) is 0.115. The average Bonchev–Trinajstić information content (AvgIpc) is 2.76. The standard InChI is InChI=1S/C26H24N2/c1-20(2)24-18-25(21-12-6-3-7-13-21)27-19-26(24)28(22-14-8-4-9-15-22)23-16-10-5-11-17-23/h3-20H,1-2H3. The molecular weight excluding hydrogens is 340 g/mol. The van der Waals surface area contributed by atoms with Crippen LogP contribution >= 0.6 is 0 Å². The summed E-state index contributed by atoms with van der Waals surface area (Å²) in [6, 6.07) is 33.6. The van der Waals surface area contributed by atoms with Crippen molar-refractivity contribution in [2.75, 3.05) is 4.90 Å². The van der Waals surface area contributed by atoms with Crippen LogP contribution in [0.3, 0.4) is 0 Å². The first-order valence-electron chi connectivity index (χ1n) is 9.69. The Hall–Kier alpha value is -3.39. The van der Waals surface area contributed by atoms with E-state index in [-0.39, 0.29) is 0 Å². The highest BCUT2D eigenvalue weighted by Gasteiger charge is 2.18. The fourth-order valence-corrected chi connectivity index (χ4v) is 3.46. The lowest BCUT2D eigenvalue weighted by Gasteiger charge is -2.28. The molecule has 0 unspecified atom stereocenters. The molecule has 0 aliphatic carbocycles. The average molecular weight is 364 g/mol. The lowest BCUT2D eigenvalue weighted by molar-refractivity contribution is 0.861. The van der Waals surface area contributed by atoms with E-state index < -0.39 is 0 Å². The molecule has 2 nitrogen and oxygen atoms in total. The molecule has 0 bridgehead atoms. The van der Waals surface area contributed by atoms with Gasteiger partial charge in [-0.25, -0.2) is 0 Å². The maximum absolute atomic E-state index is 4.82. The van der Waals surface area contributed by atoms with Crippen LogP contribution in [0.25, 0.3) is 11.3 Å². The molecule has 0 fully saturated rings. The van der Waals surface area contributed by atoms with E-state index in [1.165, 1.54) is 5.56 Å². The summed E-state index contributed by atoms with van der Waals surface area (Å²) in [5.41, 5.74) is 6.81. The summed E-state index contributed by atoms with van der Waals surface area (Å²) >= 11 is 0. The van der Waals surface area contributed by atoms with E-state index >= 15 is 0 Å². The summed E-state index contributed by atoms with van der Waals surface area (Å²) < 4.78 is 0. The second-order valence-electron chi connectivity index (χ2n) is 7.16. The third kappa shape index (κ3) is 3.67. The van der Waals surface area contributed by atoms with Crippen molar-refractivity contribution < 1.29 is 0 Å². The minimum absolute atomic E-state index is 0.371. The maximum atomic E-state index is 4.82. The molecular formula is C26H24N2. The van der Waals surface area contributed by atoms with Gasteiger partial charge in [-0.05, 0) is 41.8 Å². The second kappa shape index (κ2) is 8.10. The first kappa shape index (κ1) is 18.0. The predicted octanol–water partition coefficient (Wildman–Crippen LogP) is 7.34. The Kier molecular flexibility index (Phi) is 5.20. The Morgan fingerprint density at radius 1 is 0.679 bits per heavy atom. The van der Waals surface area contributed by atoms with Crippen LogP contribution in [0.1, 0.15) is 25.3 Å². The number of rotatable bonds is 5. The van der Waals surface area contributed by atoms with Crippen LogP contribution < -0.4 is 4.90 Å². The highest BCUT2D eigenvalue weighted by molar-refractivity contribution is 5.79. The third-order valence-corrected chi connectivity index (χ3v) is 4.88. The van der Waals surface area contributed by atoms with Gasteiger partial charge in [0.1, 0.15) is 0 Å². The van der Waals surface area contributed by atoms with Gasteiger partial charge in [0.2, 0.25) is 0 Å². The van der Waals surface area contributed by atoms with E-state index in [9.17, 15) is 0 Å². The fourth-order valence-electron chi connectivity index (χ4n) is 3.46. The van der Waals surface area contributed by atoms with Crippen LogP contribution in [0.2, 0.25) is 0 Å². The molecule has 0 radical (unpaired) electrons. The summed E-state index contributed by atoms with van der Waals surface area (Å²) in [4.78, 5) is 7.11. The minimum atomic E-state index is 0.371. The van der Waals surface area contributed by atoms with E-state index in [1.807, 2.05) is 24.4 Å². The smallest absolute Gasteiger partial charge is 0.0706 e. The molecule has 138 valence electrons. The molecule has 0 aliphatic heterocycles. The molecule has 0 atom stereocenters. The van der Waals surface area contributed by atoms with Crippen molar-refractivity contribution in [3.63, 3.8) is 0 Å². The Balaban J connectivity index is 1.89. The van der Waals surface area contributed by atoms with Crippen molar-refractivity contribution in [2.24, 2.45) is 0 Å². The molecule has 0 amide bonds. The highest BCUT2D eigenvalue weighted by Crippen LogP contribution is 2.39. The monoisotopic (exact) mass is 364 g/mol. The van der Waals surface area contributed by atoms with Gasteiger partial charge >= 0.3 is 0 Å². The number of pyridine rings is 1. The van der Waals surface area contributed by atoms with Crippen molar-refractivity contribution in [3.8, 4) is 11.3 Å². The second-order valence-corrected chi connectivity index (χ2v) is 7.16. The number of hydrogen-bond donors (Lipinski definition) is 0. The molecule has 0 aliphatic rings. The molecule has 0 N–H and O–H groups in total. The SMILES string of the molecule is CC(C)c1cc(-c2ccccc2)ncc1N(c1ccccc1)c1ccccc1. The van der Waals surface area contributed by atoms with Crippen molar-refractivity contribution in [1.29, 1.82) is 0 Å². The van der Waals surface area contributed by atoms with Crippen LogP contribution in [-0.2, 0) is 0 Å². The van der Waals surface area contributed by atoms with Crippen molar-refractivity contribution in [2.45, 2.75) is 19.8 Å². The molecule has 0 spiro atoms. The molecule has 0 saturated heterocycles. The zero-order chi connectivity index (χ0) is 19.3. The number of nitrogens with zero attached hydrogens (tertiary/aromatic N) is 2. The van der Waals surface area contributed by atoms with E-state index in [2.05, 4.69) is 97.6 Å². The van der Waals surface area contributed by atoms with Crippen molar-refractivity contribution in [3.05, 3.63) is 109 Å². The number of hydrogen-bond acceptors (Lipinski definition) is 2. The number of aromatic nitrogens is 1. The van der Waals surface area contributed by atoms with E-state index in [0.717, 1.165) is 28.3 Å². The Bertz CT molecular complexity index is 986. The predicted molar refractivity (Wildman–Crippen MR) is 118 cm³/mol. The quantitative estimate of drug-likeness (QED) is 0.368. The van der Waals surface area contributed by atoms with Gasteiger partial charge in [0, 0.05) is 16.9 Å². The summed E-state index contributed by atoms with van der Waals surface area (Å²) in [5, 5.41) is 0. The van der Waals surface area contributed by atoms with Gasteiger partial charge in [-0.2, -0.15) is 0 Å². The number of benzene rings is 3. The van der Waals surface area contributed by atoms with Gasteiger partial charge in [0.25, 0.3) is 0 Å². The van der Waals surface area contributed by atoms with Gasteiger partial charge in [0.15, 0.2) is 0 Å². The molecule has 28 heavy (non-hydrogen) atoms. The minimum Gasteiger partial charge on any atom is -0.309 e. The zero-order valence-corrected chi connectivity index (χ0v) is 16.3. The molecule has 3 aromatic carbocycles. The normalized spacial score (nSPS) is 10.8. The number of anilines is 3. The highest BCUT2D eigenvalue weighted by atomic mass is 15.1. The summed E-state index contributed by atoms with van der Waals surface area (Å²) in [6.07, 6.45) is 2.01. The van der Waals surface area contributed by atoms with E-state index in [4.69, 9.17) is 4.98 Å². The molecule has 1 heterocycles. The van der Waals surface area contributed by atoms with Crippen LogP contribution in [0.4, 0.5) is 17.1 Å². The van der Waals surface area contributed by atoms with E-state index in [0.29, 0.717) is 5.92 Å². The lowest BCUT2D eigenvalue weighted by atomic mass is 9.98. The molecule has 1 aromatic heterocycles. The molecule has 4 aromatic rings. The zero-order valence-electron chi connectivity index (χ0n) is 16.3. The summed E-state index contributed by atoms with van der Waals surface area (Å²) in [6.45, 7) is 4.48. The van der Waals surface area contributed by atoms with Crippen LogP contribution in [0.15, 0.2) is 103 Å². The summed E-state index contributed by atoms with van der Waals surface area (Å²) in [7, 11) is 0. The first-order chi connectivity index (χ1) is 13.7. The van der Waals surface area contributed by atoms with Crippen LogP contribution in [0, 0.1) is 0 Å². The van der Waals surface area contributed by atoms with Gasteiger partial charge in [-0.1, -0.05) is 80.6 Å². The van der Waals surface area contributed by atoms with Gasteiger partial charge in [0.05, 0.1) is 17.6 Å². The molecule has 2 heteroatoms. The maximum Gasteiger partial charge on any atom is 0.0706 e. The van der Waals surface area contributed by atoms with Gasteiger partial charge < -0.3 is 4.90 Å². The topological polar surface area (TPSA) is 16.1 Å². The Morgan fingerprint density at radius 3 is 1.68 bits per heavy atom. The van der Waals surface area contributed by atoms with Gasteiger partial charge in [-0.3, -0.25) is 4.98 Å². The third-order valence-electron chi connectivity index (χ3n) is 4.88. The molecule has 0 saturated carbocycles.